The molecule has 3 rings (SSSR count). The van der Waals surface area contributed by atoms with Crippen LogP contribution in [0.15, 0.2) is 42.5 Å². The normalized spacial score (nSPS) is 17.9. The molecule has 2 amide bonds. The van der Waals surface area contributed by atoms with Crippen LogP contribution in [-0.4, -0.2) is 17.8 Å². The van der Waals surface area contributed by atoms with Crippen molar-refractivity contribution in [2.75, 3.05) is 5.32 Å². The summed E-state index contributed by atoms with van der Waals surface area (Å²) < 4.78 is 18.8. The van der Waals surface area contributed by atoms with Crippen LogP contribution in [0.3, 0.4) is 0 Å². The Hall–Kier alpha value is -3.22. The number of primary amides is 1. The number of anilines is 1. The smallest absolute Gasteiger partial charge is 0.340 e. The number of ether oxygens (including phenoxy) is 1. The summed E-state index contributed by atoms with van der Waals surface area (Å²) in [5, 5.41) is 2.67. The van der Waals surface area contributed by atoms with Crippen molar-refractivity contribution in [1.29, 1.82) is 0 Å². The lowest BCUT2D eigenvalue weighted by molar-refractivity contribution is -0.117. The first-order chi connectivity index (χ1) is 12.8. The van der Waals surface area contributed by atoms with Crippen LogP contribution in [0.2, 0.25) is 0 Å². The van der Waals surface area contributed by atoms with E-state index in [4.69, 9.17) is 10.5 Å². The number of rotatable bonds is 6. The van der Waals surface area contributed by atoms with E-state index in [0.29, 0.717) is 17.0 Å². The Morgan fingerprint density at radius 1 is 1.19 bits per heavy atom. The second-order valence-electron chi connectivity index (χ2n) is 6.64. The number of nitrogens with two attached hydrogens (primary N) is 1. The van der Waals surface area contributed by atoms with E-state index < -0.39 is 17.7 Å². The maximum Gasteiger partial charge on any atom is 0.340 e. The minimum absolute atomic E-state index is 0.0505. The van der Waals surface area contributed by atoms with E-state index >= 15 is 0 Å². The number of esters is 1. The molecule has 1 aliphatic carbocycles. The predicted molar refractivity (Wildman–Crippen MR) is 96.4 cm³/mol. The monoisotopic (exact) mass is 370 g/mol. The van der Waals surface area contributed by atoms with Crippen molar-refractivity contribution >= 4 is 23.5 Å². The molecule has 2 atom stereocenters. The number of carbonyl (C=O) groups is 3. The largest absolute Gasteiger partial charge is 0.457 e. The van der Waals surface area contributed by atoms with Gasteiger partial charge in [-0.3, -0.25) is 9.59 Å². The van der Waals surface area contributed by atoms with E-state index in [1.807, 2.05) is 6.92 Å². The molecule has 0 saturated heterocycles. The fraction of sp³-hybridized carbons (Fsp3) is 0.250. The van der Waals surface area contributed by atoms with Crippen molar-refractivity contribution in [3.05, 3.63) is 65.0 Å². The first-order valence-electron chi connectivity index (χ1n) is 8.51. The van der Waals surface area contributed by atoms with E-state index in [9.17, 15) is 18.8 Å². The highest BCUT2D eigenvalue weighted by Gasteiger charge is 2.39. The minimum atomic E-state index is -0.757. The number of benzene rings is 2. The fourth-order valence-corrected chi connectivity index (χ4v) is 2.70. The number of hydrogen-bond donors (Lipinski definition) is 2. The van der Waals surface area contributed by atoms with Crippen LogP contribution >= 0.6 is 0 Å². The molecule has 140 valence electrons. The molecule has 2 aromatic carbocycles. The molecule has 0 radical (unpaired) electrons. The molecule has 27 heavy (non-hydrogen) atoms. The second kappa shape index (κ2) is 7.57. The fourth-order valence-electron chi connectivity index (χ4n) is 2.70. The maximum atomic E-state index is 13.6. The van der Waals surface area contributed by atoms with Gasteiger partial charge in [0.05, 0.1) is 11.3 Å². The van der Waals surface area contributed by atoms with Crippen LogP contribution in [0, 0.1) is 17.7 Å². The van der Waals surface area contributed by atoms with Gasteiger partial charge in [-0.2, -0.15) is 0 Å². The van der Waals surface area contributed by atoms with Crippen molar-refractivity contribution in [2.45, 2.75) is 20.0 Å². The van der Waals surface area contributed by atoms with Crippen molar-refractivity contribution < 1.29 is 23.5 Å². The van der Waals surface area contributed by atoms with Gasteiger partial charge in [-0.15, -0.1) is 0 Å². The summed E-state index contributed by atoms with van der Waals surface area (Å²) in [7, 11) is 0. The molecule has 2 aromatic rings. The van der Waals surface area contributed by atoms with Crippen molar-refractivity contribution in [2.24, 2.45) is 17.6 Å². The summed E-state index contributed by atoms with van der Waals surface area (Å²) in [6.45, 7) is 1.90. The first kappa shape index (κ1) is 18.6. The van der Waals surface area contributed by atoms with Gasteiger partial charge in [0.15, 0.2) is 0 Å². The Bertz CT molecular complexity index is 895. The van der Waals surface area contributed by atoms with Crippen LogP contribution in [0.1, 0.15) is 39.6 Å². The average molecular weight is 370 g/mol. The molecule has 0 aliphatic heterocycles. The molecule has 0 unspecified atom stereocenters. The summed E-state index contributed by atoms with van der Waals surface area (Å²) in [5.74, 6) is -1.88. The van der Waals surface area contributed by atoms with E-state index in [1.165, 1.54) is 24.3 Å². The lowest BCUT2D eigenvalue weighted by Gasteiger charge is -2.11. The van der Waals surface area contributed by atoms with E-state index in [1.54, 1.807) is 12.1 Å². The zero-order chi connectivity index (χ0) is 19.6. The van der Waals surface area contributed by atoms with Gasteiger partial charge in [0.2, 0.25) is 11.8 Å². The van der Waals surface area contributed by atoms with Crippen LogP contribution < -0.4 is 11.1 Å². The molecule has 0 spiro atoms. The summed E-state index contributed by atoms with van der Waals surface area (Å²) in [6, 6.07) is 9.81. The second-order valence-corrected chi connectivity index (χ2v) is 6.64. The van der Waals surface area contributed by atoms with Gasteiger partial charge in [0.1, 0.15) is 12.4 Å². The van der Waals surface area contributed by atoms with Gasteiger partial charge in [0.25, 0.3) is 0 Å². The lowest BCUT2D eigenvalue weighted by atomic mass is 10.1. The van der Waals surface area contributed by atoms with Crippen LogP contribution in [0.4, 0.5) is 10.1 Å². The number of hydrogen-bond acceptors (Lipinski definition) is 4. The highest BCUT2D eigenvalue weighted by Crippen LogP contribution is 2.38. The van der Waals surface area contributed by atoms with Gasteiger partial charge < -0.3 is 15.8 Å². The molecular formula is C20H19FN2O4. The lowest BCUT2D eigenvalue weighted by Crippen LogP contribution is -2.18. The number of halogens is 1. The zero-order valence-corrected chi connectivity index (χ0v) is 14.7. The quantitative estimate of drug-likeness (QED) is 0.764. The molecule has 0 aromatic heterocycles. The average Bonchev–Trinajstić information content (AvgIpc) is 3.38. The molecule has 1 saturated carbocycles. The van der Waals surface area contributed by atoms with Crippen molar-refractivity contribution in [3.8, 4) is 0 Å². The molecular weight excluding hydrogens is 351 g/mol. The highest BCUT2D eigenvalue weighted by atomic mass is 19.1. The van der Waals surface area contributed by atoms with Gasteiger partial charge in [0, 0.05) is 11.5 Å². The van der Waals surface area contributed by atoms with Gasteiger partial charge in [-0.25, -0.2) is 9.18 Å². The predicted octanol–water partition coefficient (Wildman–Crippen LogP) is 2.88. The maximum absolute atomic E-state index is 13.6. The van der Waals surface area contributed by atoms with Crippen molar-refractivity contribution in [3.63, 3.8) is 0 Å². The summed E-state index contributed by atoms with van der Waals surface area (Å²) in [4.78, 5) is 35.6. The van der Waals surface area contributed by atoms with Crippen LogP contribution in [0.5, 0.6) is 0 Å². The topological polar surface area (TPSA) is 98.5 Å². The molecule has 3 N–H and O–H groups in total. The third-order valence-electron chi connectivity index (χ3n) is 4.51. The van der Waals surface area contributed by atoms with E-state index in [2.05, 4.69) is 5.32 Å². The van der Waals surface area contributed by atoms with Crippen LogP contribution in [0.25, 0.3) is 0 Å². The highest BCUT2D eigenvalue weighted by molar-refractivity contribution is 6.02. The SMILES string of the molecule is C[C@H]1C[C@@H]1C(=O)Nc1ccc(F)cc1C(=O)OCc1ccc(C(N)=O)cc1. The Morgan fingerprint density at radius 2 is 1.85 bits per heavy atom. The third kappa shape index (κ3) is 4.49. The number of amides is 2. The molecule has 1 aliphatic rings. The van der Waals surface area contributed by atoms with Crippen LogP contribution in [-0.2, 0) is 16.1 Å². The Morgan fingerprint density at radius 3 is 2.44 bits per heavy atom. The molecule has 1 fully saturated rings. The number of carbonyl (C=O) groups excluding carboxylic acids is 3. The minimum Gasteiger partial charge on any atom is -0.457 e. The summed E-state index contributed by atoms with van der Waals surface area (Å²) in [5.41, 5.74) is 6.32. The van der Waals surface area contributed by atoms with Gasteiger partial charge in [-0.05, 0) is 48.2 Å². The first-order valence-corrected chi connectivity index (χ1v) is 8.51. The standard InChI is InChI=1S/C20H19FN2O4/c1-11-8-15(11)19(25)23-17-7-6-14(21)9-16(17)20(26)27-10-12-2-4-13(5-3-12)18(22)24/h2-7,9,11,15H,8,10H2,1H3,(H2,22,24)(H,23,25)/t11-,15-/m0/s1. The Kier molecular flexibility index (Phi) is 5.21. The van der Waals surface area contributed by atoms with Crippen molar-refractivity contribution in [1.82, 2.24) is 0 Å². The number of nitrogens with one attached hydrogen (secondary N) is 1. The molecule has 7 heteroatoms. The zero-order valence-electron chi connectivity index (χ0n) is 14.7. The van der Waals surface area contributed by atoms with E-state index in [-0.39, 0.29) is 29.7 Å². The van der Waals surface area contributed by atoms with Gasteiger partial charge >= 0.3 is 5.97 Å². The Balaban J connectivity index is 1.69. The summed E-state index contributed by atoms with van der Waals surface area (Å²) >= 11 is 0. The third-order valence-corrected chi connectivity index (χ3v) is 4.51. The summed E-state index contributed by atoms with van der Waals surface area (Å²) in [6.07, 6.45) is 0.800. The molecule has 0 heterocycles. The molecule has 0 bridgehead atoms. The van der Waals surface area contributed by atoms with E-state index in [0.717, 1.165) is 12.5 Å². The Labute approximate surface area is 155 Å². The molecule has 6 nitrogen and oxygen atoms in total. The van der Waals surface area contributed by atoms with Gasteiger partial charge in [-0.1, -0.05) is 19.1 Å².